The molecule has 0 atom stereocenters. The highest BCUT2D eigenvalue weighted by molar-refractivity contribution is 6.31. The molecule has 7 nitrogen and oxygen atoms in total. The minimum Gasteiger partial charge on any atom is -0.493 e. The molecule has 0 aliphatic carbocycles. The Labute approximate surface area is 178 Å². The first kappa shape index (κ1) is 19.8. The molecule has 0 fully saturated rings. The number of carbonyl (C=O) groups is 1. The number of nitrogens with zero attached hydrogens (tertiary/aromatic N) is 2. The lowest BCUT2D eigenvalue weighted by Gasteiger charge is -2.30. The molecule has 0 saturated heterocycles. The fraction of sp³-hybridized carbons (Fsp3) is 0.182. The van der Waals surface area contributed by atoms with E-state index in [4.69, 9.17) is 25.8 Å². The van der Waals surface area contributed by atoms with E-state index >= 15 is 0 Å². The second-order valence-corrected chi connectivity index (χ2v) is 7.10. The van der Waals surface area contributed by atoms with Crippen LogP contribution in [0.15, 0.2) is 48.7 Å². The molecule has 0 radical (unpaired) electrons. The van der Waals surface area contributed by atoms with E-state index in [1.54, 1.807) is 38.5 Å². The monoisotopic (exact) mass is 426 g/mol. The van der Waals surface area contributed by atoms with Gasteiger partial charge in [-0.2, -0.15) is 0 Å². The number of halogens is 1. The smallest absolute Gasteiger partial charge is 0.354 e. The Balaban J connectivity index is 1.88. The molecule has 0 spiro atoms. The zero-order valence-electron chi connectivity index (χ0n) is 16.4. The van der Waals surface area contributed by atoms with Gasteiger partial charge in [-0.15, -0.1) is 0 Å². The Morgan fingerprint density at radius 1 is 1.10 bits per heavy atom. The van der Waals surface area contributed by atoms with E-state index in [0.29, 0.717) is 46.8 Å². The zero-order chi connectivity index (χ0) is 21.3. The third-order valence-electron chi connectivity index (χ3n) is 4.90. The van der Waals surface area contributed by atoms with Crippen LogP contribution < -0.4 is 19.1 Å². The fourth-order valence-electron chi connectivity index (χ4n) is 3.40. The minimum atomic E-state index is -1.09. The van der Waals surface area contributed by atoms with Crippen LogP contribution in [0.4, 0.5) is 5.69 Å². The van der Waals surface area contributed by atoms with E-state index in [1.807, 2.05) is 23.1 Å². The van der Waals surface area contributed by atoms with Crippen molar-refractivity contribution in [2.75, 3.05) is 19.1 Å². The van der Waals surface area contributed by atoms with E-state index in [1.165, 1.54) is 6.20 Å². The van der Waals surface area contributed by atoms with Gasteiger partial charge in [-0.3, -0.25) is 0 Å². The van der Waals surface area contributed by atoms with Crippen molar-refractivity contribution in [3.63, 3.8) is 0 Å². The number of methoxy groups -OCH3 is 2. The average Bonchev–Trinajstić information content (AvgIpc) is 2.74. The Kier molecular flexibility index (Phi) is 5.37. The predicted molar refractivity (Wildman–Crippen MR) is 112 cm³/mol. The summed E-state index contributed by atoms with van der Waals surface area (Å²) in [7, 11) is 3.14. The first-order valence-electron chi connectivity index (χ1n) is 9.14. The van der Waals surface area contributed by atoms with Gasteiger partial charge in [-0.05, 0) is 30.3 Å². The van der Waals surface area contributed by atoms with Crippen molar-refractivity contribution in [2.24, 2.45) is 0 Å². The molecule has 4 rings (SSSR count). The van der Waals surface area contributed by atoms with Crippen LogP contribution in [0.5, 0.6) is 23.0 Å². The maximum atomic E-state index is 11.4. The van der Waals surface area contributed by atoms with Gasteiger partial charge in [0.1, 0.15) is 17.2 Å². The maximum absolute atomic E-state index is 11.4. The molecular formula is C22H19ClN2O5. The normalized spacial score (nSPS) is 12.7. The van der Waals surface area contributed by atoms with Crippen LogP contribution in [0.3, 0.4) is 0 Å². The number of fused-ring (bicyclic) bond motifs is 2. The second kappa shape index (κ2) is 8.12. The summed E-state index contributed by atoms with van der Waals surface area (Å²) < 4.78 is 17.1. The van der Waals surface area contributed by atoms with Crippen LogP contribution in [0, 0.1) is 0 Å². The summed E-state index contributed by atoms with van der Waals surface area (Å²) in [6.07, 6.45) is 1.48. The number of aromatic nitrogens is 1. The first-order chi connectivity index (χ1) is 14.5. The van der Waals surface area contributed by atoms with Crippen molar-refractivity contribution in [3.8, 4) is 23.0 Å². The van der Waals surface area contributed by atoms with E-state index < -0.39 is 5.97 Å². The predicted octanol–water partition coefficient (Wildman–Crippen LogP) is 4.76. The standard InChI is InChI=1S/C22H19ClN2O5/c1-28-20-8-13-11-25(14-6-7-24-17(9-14)22(26)27)12-15-16(23)4-3-5-18(15)30-19(13)10-21(20)29-2/h3-10H,11-12H2,1-2H3,(H,26,27). The number of hydrogen-bond donors (Lipinski definition) is 1. The van der Waals surface area contributed by atoms with Crippen LogP contribution in [-0.2, 0) is 13.1 Å². The van der Waals surface area contributed by atoms with Crippen molar-refractivity contribution < 1.29 is 24.1 Å². The molecule has 8 heteroatoms. The van der Waals surface area contributed by atoms with Gasteiger partial charge in [-0.1, -0.05) is 17.7 Å². The topological polar surface area (TPSA) is 81.1 Å². The number of carboxylic acids is 1. The lowest BCUT2D eigenvalue weighted by molar-refractivity contribution is 0.0690. The number of carboxylic acid groups (broad SMARTS) is 1. The summed E-state index contributed by atoms with van der Waals surface area (Å²) in [5.74, 6) is 1.26. The Bertz CT molecular complexity index is 1120. The molecule has 1 N–H and O–H groups in total. The SMILES string of the molecule is COc1cc2c(cc1OC)Oc1cccc(Cl)c1CN(c1ccnc(C(=O)O)c1)C2. The molecule has 154 valence electrons. The number of ether oxygens (including phenoxy) is 3. The van der Waals surface area contributed by atoms with Crippen LogP contribution >= 0.6 is 11.6 Å². The Hall–Kier alpha value is -3.45. The Morgan fingerprint density at radius 2 is 1.87 bits per heavy atom. The van der Waals surface area contributed by atoms with Crippen molar-refractivity contribution in [3.05, 3.63) is 70.5 Å². The lowest BCUT2D eigenvalue weighted by atomic mass is 10.1. The number of hydrogen-bond acceptors (Lipinski definition) is 6. The van der Waals surface area contributed by atoms with Crippen molar-refractivity contribution in [1.29, 1.82) is 0 Å². The molecule has 0 bridgehead atoms. The van der Waals surface area contributed by atoms with Gasteiger partial charge in [0.25, 0.3) is 0 Å². The lowest BCUT2D eigenvalue weighted by Crippen LogP contribution is -2.25. The largest absolute Gasteiger partial charge is 0.493 e. The van der Waals surface area contributed by atoms with Gasteiger partial charge in [0.15, 0.2) is 11.5 Å². The highest BCUT2D eigenvalue weighted by Crippen LogP contribution is 2.42. The summed E-state index contributed by atoms with van der Waals surface area (Å²) in [6.45, 7) is 0.856. The van der Waals surface area contributed by atoms with Crippen molar-refractivity contribution in [2.45, 2.75) is 13.1 Å². The van der Waals surface area contributed by atoms with Gasteiger partial charge in [0.05, 0.1) is 14.2 Å². The first-order valence-corrected chi connectivity index (χ1v) is 9.52. The molecular weight excluding hydrogens is 408 g/mol. The number of anilines is 1. The van der Waals surface area contributed by atoms with Gasteiger partial charge >= 0.3 is 5.97 Å². The summed E-state index contributed by atoms with van der Waals surface area (Å²) in [5, 5.41) is 9.91. The van der Waals surface area contributed by atoms with E-state index in [-0.39, 0.29) is 5.69 Å². The molecule has 1 aromatic heterocycles. The number of aromatic carboxylic acids is 1. The molecule has 0 amide bonds. The van der Waals surface area contributed by atoms with E-state index in [2.05, 4.69) is 4.98 Å². The highest BCUT2D eigenvalue weighted by Gasteiger charge is 2.23. The Morgan fingerprint density at radius 3 is 2.60 bits per heavy atom. The van der Waals surface area contributed by atoms with Crippen LogP contribution in [-0.4, -0.2) is 30.3 Å². The minimum absolute atomic E-state index is 0.0299. The highest BCUT2D eigenvalue weighted by atomic mass is 35.5. The fourth-order valence-corrected chi connectivity index (χ4v) is 3.62. The van der Waals surface area contributed by atoms with E-state index in [0.717, 1.165) is 11.1 Å². The molecule has 30 heavy (non-hydrogen) atoms. The van der Waals surface area contributed by atoms with Crippen LogP contribution in [0.25, 0.3) is 0 Å². The summed E-state index contributed by atoms with van der Waals surface area (Å²) in [6, 6.07) is 12.4. The van der Waals surface area contributed by atoms with Crippen molar-refractivity contribution >= 4 is 23.3 Å². The molecule has 2 heterocycles. The maximum Gasteiger partial charge on any atom is 0.354 e. The molecule has 0 saturated carbocycles. The molecule has 1 aliphatic heterocycles. The number of rotatable bonds is 4. The number of benzene rings is 2. The van der Waals surface area contributed by atoms with Gasteiger partial charge in [0.2, 0.25) is 0 Å². The third kappa shape index (κ3) is 3.71. The van der Waals surface area contributed by atoms with Crippen LogP contribution in [0.2, 0.25) is 5.02 Å². The summed E-state index contributed by atoms with van der Waals surface area (Å²) in [5.41, 5.74) is 2.33. The van der Waals surface area contributed by atoms with Gasteiger partial charge in [-0.25, -0.2) is 9.78 Å². The zero-order valence-corrected chi connectivity index (χ0v) is 17.1. The summed E-state index contributed by atoms with van der Waals surface area (Å²) in [4.78, 5) is 17.3. The quantitative estimate of drug-likeness (QED) is 0.643. The van der Waals surface area contributed by atoms with Crippen molar-refractivity contribution in [1.82, 2.24) is 4.98 Å². The second-order valence-electron chi connectivity index (χ2n) is 6.69. The average molecular weight is 427 g/mol. The van der Waals surface area contributed by atoms with Crippen LogP contribution in [0.1, 0.15) is 21.6 Å². The summed E-state index contributed by atoms with van der Waals surface area (Å²) >= 11 is 6.48. The molecule has 3 aromatic rings. The third-order valence-corrected chi connectivity index (χ3v) is 5.25. The molecule has 2 aromatic carbocycles. The van der Waals surface area contributed by atoms with E-state index in [9.17, 15) is 9.90 Å². The van der Waals surface area contributed by atoms with Gasteiger partial charge < -0.3 is 24.2 Å². The number of pyridine rings is 1. The molecule has 1 aliphatic rings. The molecule has 0 unspecified atom stereocenters. The van der Waals surface area contributed by atoms with Gasteiger partial charge in [0, 0.05) is 47.2 Å².